The summed E-state index contributed by atoms with van der Waals surface area (Å²) in [5, 5.41) is 0. The molecule has 2 rings (SSSR count). The van der Waals surface area contributed by atoms with Gasteiger partial charge in [0.1, 0.15) is 0 Å². The molecular formula is C9H12Br2. The van der Waals surface area contributed by atoms with Crippen LogP contribution >= 0.6 is 31.9 Å². The fourth-order valence-corrected chi connectivity index (χ4v) is 3.96. The third-order valence-corrected chi connectivity index (χ3v) is 5.17. The Hall–Kier alpha value is 0.700. The van der Waals surface area contributed by atoms with Gasteiger partial charge in [-0.05, 0) is 37.5 Å². The van der Waals surface area contributed by atoms with E-state index in [1.54, 1.807) is 0 Å². The van der Waals surface area contributed by atoms with E-state index in [2.05, 4.69) is 44.0 Å². The third-order valence-electron chi connectivity index (χ3n) is 2.82. The van der Waals surface area contributed by atoms with Crippen molar-refractivity contribution in [3.05, 3.63) is 12.2 Å². The lowest BCUT2D eigenvalue weighted by Crippen LogP contribution is -1.87. The summed E-state index contributed by atoms with van der Waals surface area (Å²) in [6.07, 6.45) is 9.87. The van der Waals surface area contributed by atoms with Crippen LogP contribution in [0.4, 0.5) is 0 Å². The molecule has 0 bridgehead atoms. The SMILES string of the molecule is BrC1(Br)[C@@H]2CC/C=C\CC[C@@H]21. The smallest absolute Gasteiger partial charge is 0.0868 e. The van der Waals surface area contributed by atoms with E-state index in [0.29, 0.717) is 3.23 Å². The number of fused-ring (bicyclic) bond motifs is 1. The molecule has 0 spiro atoms. The molecular weight excluding hydrogens is 268 g/mol. The number of alkyl halides is 2. The van der Waals surface area contributed by atoms with Crippen LogP contribution in [0.15, 0.2) is 12.2 Å². The Morgan fingerprint density at radius 1 is 1.00 bits per heavy atom. The van der Waals surface area contributed by atoms with Crippen LogP contribution in [-0.4, -0.2) is 3.23 Å². The Bertz CT molecular complexity index is 166. The standard InChI is InChI=1S/C9H12Br2/c10-9(11)7-5-3-1-2-4-6-8(7)9/h1-2,7-8H,3-6H2/b2-1-/t7-,8+. The van der Waals surface area contributed by atoms with E-state index in [1.165, 1.54) is 25.7 Å². The lowest BCUT2D eigenvalue weighted by atomic mass is 10.1. The van der Waals surface area contributed by atoms with Gasteiger partial charge in [-0.3, -0.25) is 0 Å². The number of allylic oxidation sites excluding steroid dienone is 2. The average molecular weight is 280 g/mol. The Morgan fingerprint density at radius 2 is 1.45 bits per heavy atom. The maximum absolute atomic E-state index is 3.74. The van der Waals surface area contributed by atoms with Crippen molar-refractivity contribution in [2.45, 2.75) is 28.9 Å². The van der Waals surface area contributed by atoms with Gasteiger partial charge in [0.25, 0.3) is 0 Å². The number of halogens is 2. The second kappa shape index (κ2) is 2.88. The van der Waals surface area contributed by atoms with Crippen molar-refractivity contribution in [1.29, 1.82) is 0 Å². The fraction of sp³-hybridized carbons (Fsp3) is 0.778. The predicted molar refractivity (Wildman–Crippen MR) is 55.2 cm³/mol. The quantitative estimate of drug-likeness (QED) is 0.467. The molecule has 0 N–H and O–H groups in total. The zero-order valence-electron chi connectivity index (χ0n) is 6.39. The van der Waals surface area contributed by atoms with Crippen molar-refractivity contribution in [2.75, 3.05) is 0 Å². The second-order valence-electron chi connectivity index (χ2n) is 3.51. The third kappa shape index (κ3) is 1.44. The first-order chi connectivity index (χ1) is 5.23. The molecule has 11 heavy (non-hydrogen) atoms. The van der Waals surface area contributed by atoms with E-state index in [9.17, 15) is 0 Å². The lowest BCUT2D eigenvalue weighted by molar-refractivity contribution is 0.605. The lowest BCUT2D eigenvalue weighted by Gasteiger charge is -1.98. The zero-order chi connectivity index (χ0) is 7.90. The Labute approximate surface area is 84.7 Å². The van der Waals surface area contributed by atoms with Gasteiger partial charge in [-0.15, -0.1) is 0 Å². The molecule has 0 aromatic carbocycles. The van der Waals surface area contributed by atoms with Crippen molar-refractivity contribution in [2.24, 2.45) is 11.8 Å². The molecule has 62 valence electrons. The summed E-state index contributed by atoms with van der Waals surface area (Å²) < 4.78 is 0.312. The first-order valence-corrected chi connectivity index (χ1v) is 5.84. The van der Waals surface area contributed by atoms with Crippen LogP contribution in [0.2, 0.25) is 0 Å². The van der Waals surface area contributed by atoms with Crippen LogP contribution in [0.3, 0.4) is 0 Å². The van der Waals surface area contributed by atoms with E-state index in [0.717, 1.165) is 11.8 Å². The molecule has 2 aliphatic rings. The zero-order valence-corrected chi connectivity index (χ0v) is 9.57. The molecule has 0 unspecified atom stereocenters. The Morgan fingerprint density at radius 3 is 1.91 bits per heavy atom. The van der Waals surface area contributed by atoms with Crippen LogP contribution in [0.25, 0.3) is 0 Å². The van der Waals surface area contributed by atoms with Crippen molar-refractivity contribution in [3.8, 4) is 0 Å². The van der Waals surface area contributed by atoms with Gasteiger partial charge in [-0.2, -0.15) is 0 Å². The summed E-state index contributed by atoms with van der Waals surface area (Å²) >= 11 is 7.48. The summed E-state index contributed by atoms with van der Waals surface area (Å²) in [6, 6.07) is 0. The van der Waals surface area contributed by atoms with Gasteiger partial charge in [-0.1, -0.05) is 44.0 Å². The van der Waals surface area contributed by atoms with E-state index in [-0.39, 0.29) is 0 Å². The van der Waals surface area contributed by atoms with Gasteiger partial charge in [-0.25, -0.2) is 0 Å². The van der Waals surface area contributed by atoms with Crippen molar-refractivity contribution >= 4 is 31.9 Å². The molecule has 0 aromatic heterocycles. The Balaban J connectivity index is 2.02. The van der Waals surface area contributed by atoms with Crippen molar-refractivity contribution in [3.63, 3.8) is 0 Å². The number of rotatable bonds is 0. The summed E-state index contributed by atoms with van der Waals surface area (Å²) in [7, 11) is 0. The molecule has 0 heterocycles. The molecule has 1 saturated carbocycles. The molecule has 0 radical (unpaired) electrons. The first-order valence-electron chi connectivity index (χ1n) is 4.25. The summed E-state index contributed by atoms with van der Waals surface area (Å²) in [4.78, 5) is 0. The molecule has 2 aliphatic carbocycles. The summed E-state index contributed by atoms with van der Waals surface area (Å²) in [5.41, 5.74) is 0. The molecule has 0 nitrogen and oxygen atoms in total. The van der Waals surface area contributed by atoms with E-state index >= 15 is 0 Å². The molecule has 1 fully saturated rings. The fourth-order valence-electron chi connectivity index (χ4n) is 2.04. The van der Waals surface area contributed by atoms with Gasteiger partial charge in [0.2, 0.25) is 0 Å². The topological polar surface area (TPSA) is 0 Å². The van der Waals surface area contributed by atoms with E-state index in [1.807, 2.05) is 0 Å². The van der Waals surface area contributed by atoms with Gasteiger partial charge in [0.05, 0.1) is 3.23 Å². The summed E-state index contributed by atoms with van der Waals surface area (Å²) in [5.74, 6) is 1.76. The maximum atomic E-state index is 3.74. The highest BCUT2D eigenvalue weighted by Gasteiger charge is 2.60. The Kier molecular flexibility index (Phi) is 2.17. The van der Waals surface area contributed by atoms with Crippen molar-refractivity contribution in [1.82, 2.24) is 0 Å². The van der Waals surface area contributed by atoms with Gasteiger partial charge < -0.3 is 0 Å². The highest BCUT2D eigenvalue weighted by molar-refractivity contribution is 9.25. The molecule has 2 atom stereocenters. The van der Waals surface area contributed by atoms with Crippen molar-refractivity contribution < 1.29 is 0 Å². The van der Waals surface area contributed by atoms with Crippen LogP contribution in [0.5, 0.6) is 0 Å². The van der Waals surface area contributed by atoms with Crippen LogP contribution in [-0.2, 0) is 0 Å². The van der Waals surface area contributed by atoms with Crippen LogP contribution < -0.4 is 0 Å². The van der Waals surface area contributed by atoms with Crippen LogP contribution in [0, 0.1) is 11.8 Å². The molecule has 0 amide bonds. The molecule has 0 aromatic rings. The van der Waals surface area contributed by atoms with E-state index < -0.39 is 0 Å². The van der Waals surface area contributed by atoms with E-state index in [4.69, 9.17) is 0 Å². The molecule has 0 aliphatic heterocycles. The molecule has 2 heteroatoms. The van der Waals surface area contributed by atoms with Gasteiger partial charge in [0.15, 0.2) is 0 Å². The minimum Gasteiger partial charge on any atom is -0.0885 e. The second-order valence-corrected chi connectivity index (χ2v) is 7.20. The van der Waals surface area contributed by atoms with Gasteiger partial charge in [0, 0.05) is 0 Å². The predicted octanol–water partition coefficient (Wildman–Crippen LogP) is 3.85. The normalized spacial score (nSPS) is 43.5. The molecule has 0 saturated heterocycles. The first kappa shape index (κ1) is 8.31. The number of hydrogen-bond donors (Lipinski definition) is 0. The maximum Gasteiger partial charge on any atom is 0.0868 e. The monoisotopic (exact) mass is 278 g/mol. The highest BCUT2D eigenvalue weighted by atomic mass is 79.9. The summed E-state index contributed by atoms with van der Waals surface area (Å²) in [6.45, 7) is 0. The van der Waals surface area contributed by atoms with Gasteiger partial charge >= 0.3 is 0 Å². The number of hydrogen-bond acceptors (Lipinski definition) is 0. The minimum absolute atomic E-state index is 0.312. The largest absolute Gasteiger partial charge is 0.0885 e. The van der Waals surface area contributed by atoms with Crippen LogP contribution in [0.1, 0.15) is 25.7 Å². The minimum atomic E-state index is 0.312. The highest BCUT2D eigenvalue weighted by Crippen LogP contribution is 2.65. The average Bonchev–Trinajstić information content (AvgIpc) is 2.29.